The van der Waals surface area contributed by atoms with E-state index < -0.39 is 0 Å². The molecule has 5 heteroatoms. The van der Waals surface area contributed by atoms with Crippen LogP contribution in [-0.4, -0.2) is 15.7 Å². The molecule has 0 saturated carbocycles. The van der Waals surface area contributed by atoms with Crippen molar-refractivity contribution in [1.82, 2.24) is 15.1 Å². The highest BCUT2D eigenvalue weighted by molar-refractivity contribution is 7.12. The summed E-state index contributed by atoms with van der Waals surface area (Å²) in [6.07, 6.45) is 0. The number of nitrogens with one attached hydrogen (secondary N) is 1. The number of rotatable bonds is 4. The predicted molar refractivity (Wildman–Crippen MR) is 68.1 cm³/mol. The summed E-state index contributed by atoms with van der Waals surface area (Å²) in [7, 11) is 0. The molecule has 0 aliphatic heterocycles. The van der Waals surface area contributed by atoms with Crippen LogP contribution in [0, 0.1) is 6.92 Å². The second kappa shape index (κ2) is 5.14. The van der Waals surface area contributed by atoms with Crippen LogP contribution in [0.5, 0.6) is 0 Å². The van der Waals surface area contributed by atoms with Crippen LogP contribution in [0.4, 0.5) is 0 Å². The van der Waals surface area contributed by atoms with Crippen molar-refractivity contribution >= 4 is 17.2 Å². The normalized spacial score (nSPS) is 10.5. The number of amides is 1. The third-order valence-electron chi connectivity index (χ3n) is 2.46. The van der Waals surface area contributed by atoms with Crippen LogP contribution in [0.25, 0.3) is 0 Å². The van der Waals surface area contributed by atoms with E-state index in [4.69, 9.17) is 0 Å². The van der Waals surface area contributed by atoms with E-state index in [2.05, 4.69) is 10.4 Å². The zero-order valence-electron chi connectivity index (χ0n) is 9.93. The van der Waals surface area contributed by atoms with Gasteiger partial charge in [0.2, 0.25) is 0 Å². The zero-order valence-corrected chi connectivity index (χ0v) is 10.8. The highest BCUT2D eigenvalue weighted by atomic mass is 32.1. The van der Waals surface area contributed by atoms with Gasteiger partial charge in [-0.1, -0.05) is 6.07 Å². The summed E-state index contributed by atoms with van der Waals surface area (Å²) < 4.78 is 1.91. The largest absolute Gasteiger partial charge is 0.346 e. The maximum atomic E-state index is 11.8. The smallest absolute Gasteiger partial charge is 0.261 e. The van der Waals surface area contributed by atoms with Crippen LogP contribution in [0.2, 0.25) is 0 Å². The van der Waals surface area contributed by atoms with E-state index in [1.54, 1.807) is 0 Å². The fourth-order valence-electron chi connectivity index (χ4n) is 1.68. The zero-order chi connectivity index (χ0) is 12.3. The first kappa shape index (κ1) is 11.9. The van der Waals surface area contributed by atoms with Crippen molar-refractivity contribution in [3.8, 4) is 0 Å². The molecule has 2 aromatic heterocycles. The molecule has 0 aliphatic rings. The summed E-state index contributed by atoms with van der Waals surface area (Å²) >= 11 is 1.45. The van der Waals surface area contributed by atoms with Crippen molar-refractivity contribution in [3.05, 3.63) is 39.8 Å². The highest BCUT2D eigenvalue weighted by Crippen LogP contribution is 2.09. The molecular formula is C12H15N3OS. The molecule has 2 aromatic rings. The summed E-state index contributed by atoms with van der Waals surface area (Å²) in [6, 6.07) is 5.70. The van der Waals surface area contributed by atoms with E-state index in [-0.39, 0.29) is 5.91 Å². The number of carbonyl (C=O) groups excluding carboxylic acids is 1. The van der Waals surface area contributed by atoms with E-state index >= 15 is 0 Å². The van der Waals surface area contributed by atoms with Crippen molar-refractivity contribution in [2.75, 3.05) is 0 Å². The highest BCUT2D eigenvalue weighted by Gasteiger charge is 2.08. The Morgan fingerprint density at radius 3 is 3.06 bits per heavy atom. The maximum absolute atomic E-state index is 11.8. The minimum atomic E-state index is -0.0264. The molecule has 0 fully saturated rings. The third-order valence-corrected chi connectivity index (χ3v) is 3.33. The molecule has 0 saturated heterocycles. The molecule has 2 heterocycles. The molecule has 0 bridgehead atoms. The number of aryl methyl sites for hydroxylation is 2. The fraction of sp³-hybridized carbons (Fsp3) is 0.333. The second-order valence-corrected chi connectivity index (χ2v) is 4.70. The molecule has 0 aliphatic carbocycles. The predicted octanol–water partition coefficient (Wildman–Crippen LogP) is 2.20. The Balaban J connectivity index is 2.00. The Morgan fingerprint density at radius 2 is 2.41 bits per heavy atom. The average molecular weight is 249 g/mol. The maximum Gasteiger partial charge on any atom is 0.261 e. The first-order valence-electron chi connectivity index (χ1n) is 5.55. The molecule has 4 nitrogen and oxygen atoms in total. The third kappa shape index (κ3) is 2.74. The molecule has 1 amide bonds. The van der Waals surface area contributed by atoms with Gasteiger partial charge in [-0.15, -0.1) is 11.3 Å². The van der Waals surface area contributed by atoms with Gasteiger partial charge in [-0.2, -0.15) is 5.10 Å². The van der Waals surface area contributed by atoms with E-state index in [0.717, 1.165) is 22.8 Å². The standard InChI is InChI=1S/C12H15N3OS/c1-3-15-10(7-9(2)14-15)8-13-12(16)11-5-4-6-17-11/h4-7H,3,8H2,1-2H3,(H,13,16). The summed E-state index contributed by atoms with van der Waals surface area (Å²) in [6.45, 7) is 5.33. The van der Waals surface area contributed by atoms with Crippen molar-refractivity contribution in [2.24, 2.45) is 0 Å². The van der Waals surface area contributed by atoms with Gasteiger partial charge in [0.15, 0.2) is 0 Å². The lowest BCUT2D eigenvalue weighted by Gasteiger charge is -2.05. The monoisotopic (exact) mass is 249 g/mol. The Kier molecular flexibility index (Phi) is 3.58. The molecule has 17 heavy (non-hydrogen) atoms. The Bertz CT molecular complexity index is 502. The van der Waals surface area contributed by atoms with Gasteiger partial charge in [0.1, 0.15) is 0 Å². The van der Waals surface area contributed by atoms with Gasteiger partial charge >= 0.3 is 0 Å². The number of aromatic nitrogens is 2. The summed E-state index contributed by atoms with van der Waals surface area (Å²) in [5.41, 5.74) is 2.02. The van der Waals surface area contributed by atoms with Gasteiger partial charge in [0.25, 0.3) is 5.91 Å². The lowest BCUT2D eigenvalue weighted by molar-refractivity contribution is 0.0954. The fourth-order valence-corrected chi connectivity index (χ4v) is 2.32. The topological polar surface area (TPSA) is 46.9 Å². The van der Waals surface area contributed by atoms with E-state index in [9.17, 15) is 4.79 Å². The Morgan fingerprint density at radius 1 is 1.59 bits per heavy atom. The summed E-state index contributed by atoms with van der Waals surface area (Å²) in [4.78, 5) is 12.5. The van der Waals surface area contributed by atoms with Crippen molar-refractivity contribution in [3.63, 3.8) is 0 Å². The number of carbonyl (C=O) groups is 1. The van der Waals surface area contributed by atoms with Gasteiger partial charge in [-0.3, -0.25) is 9.48 Å². The van der Waals surface area contributed by atoms with Crippen LogP contribution in [0.3, 0.4) is 0 Å². The molecular weight excluding hydrogens is 234 g/mol. The number of hydrogen-bond donors (Lipinski definition) is 1. The number of hydrogen-bond acceptors (Lipinski definition) is 3. The summed E-state index contributed by atoms with van der Waals surface area (Å²) in [5, 5.41) is 9.14. The minimum Gasteiger partial charge on any atom is -0.346 e. The van der Waals surface area contributed by atoms with Gasteiger partial charge in [-0.05, 0) is 31.4 Å². The van der Waals surface area contributed by atoms with Crippen LogP contribution >= 0.6 is 11.3 Å². The lowest BCUT2D eigenvalue weighted by Crippen LogP contribution is -2.23. The second-order valence-electron chi connectivity index (χ2n) is 3.75. The van der Waals surface area contributed by atoms with Gasteiger partial charge in [0, 0.05) is 6.54 Å². The van der Waals surface area contributed by atoms with E-state index in [1.807, 2.05) is 42.1 Å². The molecule has 0 unspecified atom stereocenters. The van der Waals surface area contributed by atoms with Crippen LogP contribution in [0.1, 0.15) is 28.0 Å². The SMILES string of the molecule is CCn1nc(C)cc1CNC(=O)c1cccs1. The minimum absolute atomic E-state index is 0.0264. The van der Waals surface area contributed by atoms with Crippen LogP contribution in [0.15, 0.2) is 23.6 Å². The first-order chi connectivity index (χ1) is 8.20. The molecule has 0 atom stereocenters. The van der Waals surface area contributed by atoms with E-state index in [1.165, 1.54) is 11.3 Å². The molecule has 0 aromatic carbocycles. The van der Waals surface area contributed by atoms with Crippen LogP contribution in [-0.2, 0) is 13.1 Å². The van der Waals surface area contributed by atoms with Gasteiger partial charge in [-0.25, -0.2) is 0 Å². The van der Waals surface area contributed by atoms with Crippen LogP contribution < -0.4 is 5.32 Å². The first-order valence-corrected chi connectivity index (χ1v) is 6.43. The van der Waals surface area contributed by atoms with Crippen molar-refractivity contribution < 1.29 is 4.79 Å². The molecule has 1 N–H and O–H groups in total. The molecule has 2 rings (SSSR count). The van der Waals surface area contributed by atoms with E-state index in [0.29, 0.717) is 6.54 Å². The molecule has 90 valence electrons. The lowest BCUT2D eigenvalue weighted by atomic mass is 10.3. The Hall–Kier alpha value is -1.62. The Labute approximate surface area is 104 Å². The van der Waals surface area contributed by atoms with Gasteiger partial charge in [0.05, 0.1) is 22.8 Å². The number of thiophene rings is 1. The number of nitrogens with zero attached hydrogens (tertiary/aromatic N) is 2. The van der Waals surface area contributed by atoms with Crippen molar-refractivity contribution in [2.45, 2.75) is 26.9 Å². The van der Waals surface area contributed by atoms with Crippen molar-refractivity contribution in [1.29, 1.82) is 0 Å². The molecule has 0 radical (unpaired) electrons. The quantitative estimate of drug-likeness (QED) is 0.903. The molecule has 0 spiro atoms. The van der Waals surface area contributed by atoms with Gasteiger partial charge < -0.3 is 5.32 Å². The summed E-state index contributed by atoms with van der Waals surface area (Å²) in [5.74, 6) is -0.0264. The average Bonchev–Trinajstić information content (AvgIpc) is 2.94.